The van der Waals surface area contributed by atoms with Crippen molar-refractivity contribution in [2.45, 2.75) is 38.1 Å². The Hall–Kier alpha value is -1.62. The molecule has 0 bridgehead atoms. The first-order chi connectivity index (χ1) is 13.2. The van der Waals surface area contributed by atoms with E-state index in [1.165, 1.54) is 12.7 Å². The maximum Gasteiger partial charge on any atom is 0.511 e. The number of anilines is 2. The van der Waals surface area contributed by atoms with Crippen LogP contribution >= 0.6 is 0 Å². The molecule has 0 amide bonds. The number of rotatable bonds is 5. The number of sulfonamides is 1. The molecule has 7 nitrogen and oxygen atoms in total. The Balaban J connectivity index is 1.51. The highest BCUT2D eigenvalue weighted by Gasteiger charge is 2.50. The quantitative estimate of drug-likeness (QED) is 0.788. The molecule has 28 heavy (non-hydrogen) atoms. The third kappa shape index (κ3) is 4.86. The molecular formula is C17H26F3N5O2S. The summed E-state index contributed by atoms with van der Waals surface area (Å²) >= 11 is 0. The molecule has 2 fully saturated rings. The van der Waals surface area contributed by atoms with Crippen molar-refractivity contribution in [2.75, 3.05) is 42.9 Å². The maximum absolute atomic E-state index is 12.6. The summed E-state index contributed by atoms with van der Waals surface area (Å²) in [5.41, 5.74) is -5.23. The highest BCUT2D eigenvalue weighted by Crippen LogP contribution is 2.30. The van der Waals surface area contributed by atoms with Gasteiger partial charge in [-0.05, 0) is 37.5 Å². The predicted molar refractivity (Wildman–Crippen MR) is 100 cm³/mol. The zero-order valence-corrected chi connectivity index (χ0v) is 16.6. The van der Waals surface area contributed by atoms with Crippen LogP contribution in [0.2, 0.25) is 0 Å². The molecule has 0 radical (unpaired) electrons. The molecule has 1 unspecified atom stereocenters. The van der Waals surface area contributed by atoms with E-state index >= 15 is 0 Å². The first-order valence-electron chi connectivity index (χ1n) is 9.54. The molecule has 158 valence electrons. The summed E-state index contributed by atoms with van der Waals surface area (Å²) in [6.45, 7) is 4.45. The molecule has 0 aliphatic carbocycles. The van der Waals surface area contributed by atoms with Crippen molar-refractivity contribution in [3.05, 3.63) is 12.4 Å². The molecule has 1 aromatic rings. The van der Waals surface area contributed by atoms with Crippen molar-refractivity contribution in [1.29, 1.82) is 0 Å². The second kappa shape index (κ2) is 8.40. The van der Waals surface area contributed by atoms with Crippen molar-refractivity contribution in [3.8, 4) is 0 Å². The summed E-state index contributed by atoms with van der Waals surface area (Å²) in [5, 5.41) is 3.22. The largest absolute Gasteiger partial charge is 0.511 e. The second-order valence-electron chi connectivity index (χ2n) is 7.63. The number of hydrogen-bond acceptors (Lipinski definition) is 6. The number of aromatic nitrogens is 2. The first kappa shape index (κ1) is 21.1. The van der Waals surface area contributed by atoms with Gasteiger partial charge in [0.25, 0.3) is 0 Å². The van der Waals surface area contributed by atoms with Crippen LogP contribution in [0.4, 0.5) is 24.8 Å². The van der Waals surface area contributed by atoms with Crippen molar-refractivity contribution < 1.29 is 21.6 Å². The maximum atomic E-state index is 12.6. The van der Waals surface area contributed by atoms with Crippen molar-refractivity contribution >= 4 is 21.7 Å². The van der Waals surface area contributed by atoms with Gasteiger partial charge < -0.3 is 10.2 Å². The van der Waals surface area contributed by atoms with Crippen molar-refractivity contribution in [3.63, 3.8) is 0 Å². The van der Waals surface area contributed by atoms with Gasteiger partial charge in [-0.25, -0.2) is 18.4 Å². The minimum atomic E-state index is -5.23. The van der Waals surface area contributed by atoms with E-state index in [9.17, 15) is 21.6 Å². The molecule has 3 rings (SSSR count). The fourth-order valence-electron chi connectivity index (χ4n) is 3.76. The van der Waals surface area contributed by atoms with Crippen LogP contribution in [-0.2, 0) is 10.0 Å². The lowest BCUT2D eigenvalue weighted by Crippen LogP contribution is -2.45. The third-order valence-corrected chi connectivity index (χ3v) is 7.04. The van der Waals surface area contributed by atoms with Crippen molar-refractivity contribution in [1.82, 2.24) is 14.3 Å². The first-order valence-corrected chi connectivity index (χ1v) is 11.0. The molecule has 3 heterocycles. The van der Waals surface area contributed by atoms with Gasteiger partial charge in [0, 0.05) is 38.8 Å². The van der Waals surface area contributed by atoms with Crippen LogP contribution in [0.25, 0.3) is 0 Å². The van der Waals surface area contributed by atoms with Crippen LogP contribution in [0, 0.1) is 11.8 Å². The fraction of sp³-hybridized carbons (Fsp3) is 0.765. The van der Waals surface area contributed by atoms with E-state index in [4.69, 9.17) is 0 Å². The van der Waals surface area contributed by atoms with Crippen LogP contribution in [-0.4, -0.2) is 60.9 Å². The Bertz CT molecular complexity index is 766. The van der Waals surface area contributed by atoms with Gasteiger partial charge in [-0.2, -0.15) is 17.5 Å². The van der Waals surface area contributed by atoms with Gasteiger partial charge in [-0.3, -0.25) is 0 Å². The fourth-order valence-corrected chi connectivity index (χ4v) is 4.75. The van der Waals surface area contributed by atoms with Crippen molar-refractivity contribution in [2.24, 2.45) is 11.8 Å². The zero-order chi connectivity index (χ0) is 20.4. The van der Waals surface area contributed by atoms with Crippen LogP contribution in [0.15, 0.2) is 12.4 Å². The Morgan fingerprint density at radius 3 is 2.54 bits per heavy atom. The van der Waals surface area contributed by atoms with Crippen LogP contribution in [0.5, 0.6) is 0 Å². The number of halogens is 3. The second-order valence-corrected chi connectivity index (χ2v) is 9.56. The smallest absolute Gasteiger partial charge is 0.370 e. The summed E-state index contributed by atoms with van der Waals surface area (Å²) in [6.07, 6.45) is 4.62. The Labute approximate surface area is 163 Å². The van der Waals surface area contributed by atoms with Gasteiger partial charge in [0.2, 0.25) is 0 Å². The molecule has 1 aromatic heterocycles. The lowest BCUT2D eigenvalue weighted by Gasteiger charge is -2.32. The highest BCUT2D eigenvalue weighted by atomic mass is 32.2. The monoisotopic (exact) mass is 421 g/mol. The minimum absolute atomic E-state index is 0.0908. The van der Waals surface area contributed by atoms with Gasteiger partial charge in [-0.1, -0.05) is 6.92 Å². The van der Waals surface area contributed by atoms with E-state index in [0.29, 0.717) is 35.4 Å². The van der Waals surface area contributed by atoms with E-state index in [2.05, 4.69) is 27.1 Å². The number of nitrogens with zero attached hydrogens (tertiary/aromatic N) is 4. The summed E-state index contributed by atoms with van der Waals surface area (Å²) in [5.74, 6) is 2.26. The Kier molecular flexibility index (Phi) is 6.33. The van der Waals surface area contributed by atoms with Gasteiger partial charge >= 0.3 is 15.5 Å². The molecule has 0 aromatic carbocycles. The third-order valence-electron chi connectivity index (χ3n) is 5.41. The number of piperidine rings is 2. The molecule has 1 atom stereocenters. The summed E-state index contributed by atoms with van der Waals surface area (Å²) in [6, 6.07) is 1.89. The van der Waals surface area contributed by atoms with Gasteiger partial charge in [-0.15, -0.1) is 0 Å². The average Bonchev–Trinajstić information content (AvgIpc) is 2.66. The van der Waals surface area contributed by atoms with Crippen LogP contribution in [0.1, 0.15) is 32.6 Å². The molecule has 2 aliphatic rings. The van der Waals surface area contributed by atoms with Gasteiger partial charge in [0.1, 0.15) is 18.0 Å². The SMILES string of the molecule is CC1CCCN(c2cc(NCC3CCN(S(=O)(=O)C(F)(F)F)CC3)ncn2)C1. The van der Waals surface area contributed by atoms with E-state index in [0.717, 1.165) is 25.3 Å². The average molecular weight is 421 g/mol. The van der Waals surface area contributed by atoms with E-state index in [1.54, 1.807) is 0 Å². The topological polar surface area (TPSA) is 78.4 Å². The Morgan fingerprint density at radius 2 is 1.89 bits per heavy atom. The molecule has 0 spiro atoms. The zero-order valence-electron chi connectivity index (χ0n) is 15.8. The highest BCUT2D eigenvalue weighted by molar-refractivity contribution is 7.90. The lowest BCUT2D eigenvalue weighted by atomic mass is 9.98. The van der Waals surface area contributed by atoms with Crippen LogP contribution in [0.3, 0.4) is 0 Å². The normalized spacial score (nSPS) is 23.0. The van der Waals surface area contributed by atoms with E-state index in [-0.39, 0.29) is 19.0 Å². The minimum Gasteiger partial charge on any atom is -0.370 e. The molecular weight excluding hydrogens is 395 g/mol. The van der Waals surface area contributed by atoms with E-state index in [1.807, 2.05) is 6.07 Å². The van der Waals surface area contributed by atoms with Gasteiger partial charge in [0.05, 0.1) is 0 Å². The molecule has 1 N–H and O–H groups in total. The van der Waals surface area contributed by atoms with Gasteiger partial charge in [0.15, 0.2) is 0 Å². The summed E-state index contributed by atoms with van der Waals surface area (Å²) in [4.78, 5) is 10.8. The number of hydrogen-bond donors (Lipinski definition) is 1. The van der Waals surface area contributed by atoms with E-state index < -0.39 is 15.5 Å². The molecule has 11 heteroatoms. The lowest BCUT2D eigenvalue weighted by molar-refractivity contribution is -0.0496. The molecule has 2 aliphatic heterocycles. The molecule has 2 saturated heterocycles. The summed E-state index contributed by atoms with van der Waals surface area (Å²) < 4.78 is 61.4. The van der Waals surface area contributed by atoms with Crippen LogP contribution < -0.4 is 10.2 Å². The number of alkyl halides is 3. The predicted octanol–water partition coefficient (Wildman–Crippen LogP) is 2.69. The molecule has 0 saturated carbocycles. The standard InChI is InChI=1S/C17H26F3N5O2S/c1-13-3-2-6-24(11-13)16-9-15(22-12-23-16)21-10-14-4-7-25(8-5-14)28(26,27)17(18,19)20/h9,12-14H,2-8,10-11H2,1H3,(H,21,22,23). The Morgan fingerprint density at radius 1 is 1.18 bits per heavy atom. The summed E-state index contributed by atoms with van der Waals surface area (Å²) in [7, 11) is -5.23. The number of nitrogens with one attached hydrogen (secondary N) is 1.